The number of fused-ring (bicyclic) bond motifs is 1. The van der Waals surface area contributed by atoms with Gasteiger partial charge in [0.25, 0.3) is 0 Å². The molecule has 1 atom stereocenters. The van der Waals surface area contributed by atoms with Crippen molar-refractivity contribution in [1.29, 1.82) is 0 Å². The summed E-state index contributed by atoms with van der Waals surface area (Å²) in [6.07, 6.45) is -0.0499. The van der Waals surface area contributed by atoms with E-state index in [1.165, 1.54) is 0 Å². The second-order valence-corrected chi connectivity index (χ2v) is 5.56. The number of aromatic nitrogens is 1. The lowest BCUT2D eigenvalue weighted by molar-refractivity contribution is 0.272. The lowest BCUT2D eigenvalue weighted by atomic mass is 10.2. The summed E-state index contributed by atoms with van der Waals surface area (Å²) in [6.45, 7) is 1.91. The molecule has 1 aromatic carbocycles. The molecule has 0 aliphatic rings. The van der Waals surface area contributed by atoms with Crippen molar-refractivity contribution in [3.05, 3.63) is 42.1 Å². The van der Waals surface area contributed by atoms with Crippen LogP contribution in [-0.4, -0.2) is 16.5 Å². The molecule has 0 bridgehead atoms. The molecule has 1 unspecified atom stereocenters. The number of pyridine rings is 1. The molecule has 0 aliphatic carbocycles. The molecule has 0 aliphatic heterocycles. The maximum absolute atomic E-state index is 11.6. The quantitative estimate of drug-likeness (QED) is 0.848. The van der Waals surface area contributed by atoms with E-state index in [2.05, 4.69) is 4.98 Å². The standard InChI is InChI=1S/C12H14NO3P/c1-2-16-17(14,15)9-11-8-7-10-5-3-4-6-12(10)13-11/h3-8H,2,9H2,1H3,(H,14,15). The van der Waals surface area contributed by atoms with E-state index in [4.69, 9.17) is 4.52 Å². The van der Waals surface area contributed by atoms with Gasteiger partial charge in [0.1, 0.15) is 0 Å². The highest BCUT2D eigenvalue weighted by Crippen LogP contribution is 2.45. The van der Waals surface area contributed by atoms with Crippen molar-refractivity contribution in [2.45, 2.75) is 13.1 Å². The highest BCUT2D eigenvalue weighted by Gasteiger charge is 2.19. The minimum atomic E-state index is -3.55. The van der Waals surface area contributed by atoms with Gasteiger partial charge < -0.3 is 9.42 Å². The molecular formula is C12H14NO3P. The predicted octanol–water partition coefficient (Wildman–Crippen LogP) is 2.96. The first kappa shape index (κ1) is 12.2. The van der Waals surface area contributed by atoms with Crippen molar-refractivity contribution in [3.63, 3.8) is 0 Å². The molecule has 0 amide bonds. The molecule has 4 nitrogen and oxygen atoms in total. The van der Waals surface area contributed by atoms with Crippen LogP contribution in [0.1, 0.15) is 12.6 Å². The monoisotopic (exact) mass is 251 g/mol. The summed E-state index contributed by atoms with van der Waals surface area (Å²) in [5, 5.41) is 1.01. The molecule has 5 heteroatoms. The summed E-state index contributed by atoms with van der Waals surface area (Å²) in [7, 11) is -3.55. The molecule has 0 saturated heterocycles. The van der Waals surface area contributed by atoms with E-state index in [9.17, 15) is 9.46 Å². The maximum atomic E-state index is 11.6. The third kappa shape index (κ3) is 3.13. The lowest BCUT2D eigenvalue weighted by Crippen LogP contribution is -1.96. The highest BCUT2D eigenvalue weighted by atomic mass is 31.2. The van der Waals surface area contributed by atoms with Gasteiger partial charge in [0, 0.05) is 5.39 Å². The normalized spacial score (nSPS) is 14.7. The summed E-state index contributed by atoms with van der Waals surface area (Å²) in [5.41, 5.74) is 1.39. The molecule has 0 spiro atoms. The van der Waals surface area contributed by atoms with Gasteiger partial charge in [-0.05, 0) is 19.1 Å². The van der Waals surface area contributed by atoms with E-state index in [1.54, 1.807) is 13.0 Å². The molecule has 1 heterocycles. The molecule has 0 fully saturated rings. The first-order valence-corrected chi connectivity index (χ1v) is 7.18. The Bertz CT molecular complexity index is 570. The molecule has 0 radical (unpaired) electrons. The Hall–Kier alpha value is -1.22. The number of hydrogen-bond donors (Lipinski definition) is 1. The van der Waals surface area contributed by atoms with Crippen molar-refractivity contribution in [1.82, 2.24) is 4.98 Å². The van der Waals surface area contributed by atoms with Gasteiger partial charge in [-0.15, -0.1) is 0 Å². The highest BCUT2D eigenvalue weighted by molar-refractivity contribution is 7.51. The average Bonchev–Trinajstić information content (AvgIpc) is 2.28. The Morgan fingerprint density at radius 1 is 1.29 bits per heavy atom. The van der Waals surface area contributed by atoms with E-state index < -0.39 is 7.60 Å². The molecule has 2 rings (SSSR count). The van der Waals surface area contributed by atoms with Crippen LogP contribution < -0.4 is 0 Å². The largest absolute Gasteiger partial charge is 0.334 e. The first-order valence-electron chi connectivity index (χ1n) is 5.42. The zero-order valence-corrected chi connectivity index (χ0v) is 10.4. The second kappa shape index (κ2) is 4.96. The van der Waals surface area contributed by atoms with Crippen molar-refractivity contribution in [2.75, 3.05) is 6.61 Å². The fourth-order valence-electron chi connectivity index (χ4n) is 1.65. The fraction of sp³-hybridized carbons (Fsp3) is 0.250. The summed E-state index contributed by atoms with van der Waals surface area (Å²) in [4.78, 5) is 13.9. The van der Waals surface area contributed by atoms with Gasteiger partial charge in [0.05, 0.1) is 24.0 Å². The SMILES string of the molecule is CCOP(=O)(O)Cc1ccc2ccccc2n1. The zero-order valence-electron chi connectivity index (χ0n) is 9.54. The van der Waals surface area contributed by atoms with E-state index in [0.717, 1.165) is 10.9 Å². The summed E-state index contributed by atoms with van der Waals surface area (Å²) < 4.78 is 16.4. The van der Waals surface area contributed by atoms with Crippen LogP contribution in [0.2, 0.25) is 0 Å². The Morgan fingerprint density at radius 3 is 2.82 bits per heavy atom. The average molecular weight is 251 g/mol. The maximum Gasteiger partial charge on any atom is 0.334 e. The third-order valence-electron chi connectivity index (χ3n) is 2.35. The molecular weight excluding hydrogens is 237 g/mol. The van der Waals surface area contributed by atoms with Crippen LogP contribution in [0, 0.1) is 0 Å². The van der Waals surface area contributed by atoms with Crippen LogP contribution in [0.15, 0.2) is 36.4 Å². The van der Waals surface area contributed by atoms with Gasteiger partial charge in [-0.2, -0.15) is 0 Å². The van der Waals surface area contributed by atoms with Gasteiger partial charge in [0.2, 0.25) is 0 Å². The van der Waals surface area contributed by atoms with Crippen LogP contribution in [0.5, 0.6) is 0 Å². The fourth-order valence-corrected chi connectivity index (χ4v) is 2.73. The van der Waals surface area contributed by atoms with Gasteiger partial charge in [-0.3, -0.25) is 9.55 Å². The molecule has 1 N–H and O–H groups in total. The van der Waals surface area contributed by atoms with Gasteiger partial charge in [0.15, 0.2) is 0 Å². The number of benzene rings is 1. The zero-order chi connectivity index (χ0) is 12.3. The Morgan fingerprint density at radius 2 is 2.06 bits per heavy atom. The van der Waals surface area contributed by atoms with Crippen LogP contribution in [-0.2, 0) is 15.3 Å². The van der Waals surface area contributed by atoms with E-state index in [-0.39, 0.29) is 12.8 Å². The van der Waals surface area contributed by atoms with E-state index >= 15 is 0 Å². The van der Waals surface area contributed by atoms with Crippen molar-refractivity contribution >= 4 is 18.5 Å². The molecule has 2 aromatic rings. The predicted molar refractivity (Wildman–Crippen MR) is 66.9 cm³/mol. The molecule has 90 valence electrons. The van der Waals surface area contributed by atoms with Crippen molar-refractivity contribution in [3.8, 4) is 0 Å². The van der Waals surface area contributed by atoms with E-state index in [0.29, 0.717) is 5.69 Å². The minimum Gasteiger partial charge on any atom is -0.324 e. The van der Waals surface area contributed by atoms with Crippen molar-refractivity contribution < 1.29 is 14.0 Å². The van der Waals surface area contributed by atoms with Gasteiger partial charge >= 0.3 is 7.60 Å². The Balaban J connectivity index is 2.28. The van der Waals surface area contributed by atoms with Gasteiger partial charge in [-0.1, -0.05) is 24.3 Å². The number of nitrogens with zero attached hydrogens (tertiary/aromatic N) is 1. The summed E-state index contributed by atoms with van der Waals surface area (Å²) in [6, 6.07) is 11.3. The van der Waals surface area contributed by atoms with Crippen LogP contribution >= 0.6 is 7.60 Å². The number of para-hydroxylation sites is 1. The van der Waals surface area contributed by atoms with E-state index in [1.807, 2.05) is 30.3 Å². The first-order chi connectivity index (χ1) is 8.11. The summed E-state index contributed by atoms with van der Waals surface area (Å²) in [5.74, 6) is 0. The third-order valence-corrected chi connectivity index (χ3v) is 3.73. The number of hydrogen-bond acceptors (Lipinski definition) is 3. The molecule has 1 aromatic heterocycles. The topological polar surface area (TPSA) is 59.4 Å². The molecule has 17 heavy (non-hydrogen) atoms. The van der Waals surface area contributed by atoms with Crippen LogP contribution in [0.4, 0.5) is 0 Å². The Labute approximate surface area is 99.8 Å². The Kier molecular flexibility index (Phi) is 3.57. The van der Waals surface area contributed by atoms with Gasteiger partial charge in [-0.25, -0.2) is 0 Å². The minimum absolute atomic E-state index is 0.0499. The summed E-state index contributed by atoms with van der Waals surface area (Å²) >= 11 is 0. The lowest BCUT2D eigenvalue weighted by Gasteiger charge is -2.10. The van der Waals surface area contributed by atoms with Crippen molar-refractivity contribution in [2.24, 2.45) is 0 Å². The van der Waals surface area contributed by atoms with Crippen LogP contribution in [0.3, 0.4) is 0 Å². The second-order valence-electron chi connectivity index (χ2n) is 3.71. The molecule has 0 saturated carbocycles. The van der Waals surface area contributed by atoms with Crippen LogP contribution in [0.25, 0.3) is 10.9 Å². The number of rotatable bonds is 4. The smallest absolute Gasteiger partial charge is 0.324 e.